The SMILES string of the molecule is CN(C)Cc1cccc(-c2sc3c(c2C(=O)O)CC(C)(C)CC3)n1. The smallest absolute Gasteiger partial charge is 0.337 e. The summed E-state index contributed by atoms with van der Waals surface area (Å²) in [7, 11) is 4.01. The van der Waals surface area contributed by atoms with E-state index in [0.29, 0.717) is 5.56 Å². The Morgan fingerprint density at radius 1 is 1.38 bits per heavy atom. The number of fused-ring (bicyclic) bond motifs is 1. The lowest BCUT2D eigenvalue weighted by molar-refractivity contribution is 0.0696. The largest absolute Gasteiger partial charge is 0.478 e. The fourth-order valence-electron chi connectivity index (χ4n) is 3.34. The minimum absolute atomic E-state index is 0.162. The molecule has 2 aromatic rings. The molecular formula is C19H24N2O2S. The molecule has 0 spiro atoms. The third-order valence-electron chi connectivity index (χ3n) is 4.51. The molecule has 0 radical (unpaired) electrons. The minimum Gasteiger partial charge on any atom is -0.478 e. The third-order valence-corrected chi connectivity index (χ3v) is 5.82. The molecule has 5 heteroatoms. The summed E-state index contributed by atoms with van der Waals surface area (Å²) >= 11 is 1.61. The van der Waals surface area contributed by atoms with Crippen molar-refractivity contribution in [2.75, 3.05) is 14.1 Å². The number of hydrogen-bond acceptors (Lipinski definition) is 4. The first-order chi connectivity index (χ1) is 11.3. The summed E-state index contributed by atoms with van der Waals surface area (Å²) in [5, 5.41) is 9.83. The second-order valence-corrected chi connectivity index (χ2v) is 8.71. The molecule has 0 unspecified atom stereocenters. The highest BCUT2D eigenvalue weighted by atomic mass is 32.1. The maximum Gasteiger partial charge on any atom is 0.337 e. The molecule has 4 nitrogen and oxygen atoms in total. The van der Waals surface area contributed by atoms with Crippen LogP contribution in [0.15, 0.2) is 18.2 Å². The number of aromatic carboxylic acids is 1. The summed E-state index contributed by atoms with van der Waals surface area (Å²) < 4.78 is 0. The van der Waals surface area contributed by atoms with Gasteiger partial charge < -0.3 is 10.0 Å². The zero-order chi connectivity index (χ0) is 17.5. The van der Waals surface area contributed by atoms with Crippen LogP contribution in [-0.2, 0) is 19.4 Å². The van der Waals surface area contributed by atoms with Gasteiger partial charge in [0.05, 0.1) is 21.8 Å². The Bertz CT molecular complexity index is 778. The Hall–Kier alpha value is -1.72. The van der Waals surface area contributed by atoms with Gasteiger partial charge in [0.15, 0.2) is 0 Å². The quantitative estimate of drug-likeness (QED) is 0.908. The fraction of sp³-hybridized carbons (Fsp3) is 0.474. The molecule has 0 bridgehead atoms. The molecule has 0 aromatic carbocycles. The highest BCUT2D eigenvalue weighted by molar-refractivity contribution is 7.16. The Labute approximate surface area is 147 Å². The van der Waals surface area contributed by atoms with E-state index in [-0.39, 0.29) is 5.41 Å². The van der Waals surface area contributed by atoms with Gasteiger partial charge in [-0.1, -0.05) is 19.9 Å². The van der Waals surface area contributed by atoms with Crippen molar-refractivity contribution >= 4 is 17.3 Å². The molecule has 3 rings (SSSR count). The van der Waals surface area contributed by atoms with E-state index >= 15 is 0 Å². The van der Waals surface area contributed by atoms with Gasteiger partial charge in [-0.25, -0.2) is 4.79 Å². The second-order valence-electron chi connectivity index (χ2n) is 7.61. The monoisotopic (exact) mass is 344 g/mol. The fourth-order valence-corrected chi connectivity index (χ4v) is 4.62. The lowest BCUT2D eigenvalue weighted by Gasteiger charge is -2.29. The molecule has 1 aliphatic carbocycles. The predicted octanol–water partition coefficient (Wildman–Crippen LogP) is 4.08. The summed E-state index contributed by atoms with van der Waals surface area (Å²) in [6.45, 7) is 5.18. The molecule has 0 atom stereocenters. The van der Waals surface area contributed by atoms with E-state index < -0.39 is 5.97 Å². The lowest BCUT2D eigenvalue weighted by atomic mass is 9.76. The molecule has 24 heavy (non-hydrogen) atoms. The van der Waals surface area contributed by atoms with Crippen molar-refractivity contribution in [3.8, 4) is 10.6 Å². The summed E-state index contributed by atoms with van der Waals surface area (Å²) in [5.41, 5.74) is 3.40. The topological polar surface area (TPSA) is 53.4 Å². The lowest BCUT2D eigenvalue weighted by Crippen LogP contribution is -2.22. The van der Waals surface area contributed by atoms with Gasteiger partial charge >= 0.3 is 5.97 Å². The van der Waals surface area contributed by atoms with Gasteiger partial charge in [-0.15, -0.1) is 11.3 Å². The first-order valence-corrected chi connectivity index (χ1v) is 9.07. The van der Waals surface area contributed by atoms with Crippen LogP contribution < -0.4 is 0 Å². The number of carboxylic acid groups (broad SMARTS) is 1. The van der Waals surface area contributed by atoms with Gasteiger partial charge in [0.25, 0.3) is 0 Å². The number of nitrogens with zero attached hydrogens (tertiary/aromatic N) is 2. The van der Waals surface area contributed by atoms with Crippen LogP contribution in [0, 0.1) is 5.41 Å². The maximum atomic E-state index is 12.0. The van der Waals surface area contributed by atoms with Crippen molar-refractivity contribution in [2.24, 2.45) is 5.41 Å². The number of carboxylic acids is 1. The van der Waals surface area contributed by atoms with Crippen molar-refractivity contribution < 1.29 is 9.90 Å². The van der Waals surface area contributed by atoms with Gasteiger partial charge in [0.2, 0.25) is 0 Å². The van der Waals surface area contributed by atoms with Crippen LogP contribution >= 0.6 is 11.3 Å². The Kier molecular flexibility index (Phi) is 4.49. The second kappa shape index (κ2) is 6.30. The number of aromatic nitrogens is 1. The van der Waals surface area contributed by atoms with E-state index in [1.54, 1.807) is 11.3 Å². The van der Waals surface area contributed by atoms with E-state index in [0.717, 1.165) is 47.6 Å². The number of carbonyl (C=O) groups is 1. The predicted molar refractivity (Wildman–Crippen MR) is 97.7 cm³/mol. The van der Waals surface area contributed by atoms with Crippen molar-refractivity contribution in [1.82, 2.24) is 9.88 Å². The van der Waals surface area contributed by atoms with Crippen LogP contribution in [0.5, 0.6) is 0 Å². The Morgan fingerprint density at radius 2 is 2.12 bits per heavy atom. The number of pyridine rings is 1. The summed E-state index contributed by atoms with van der Waals surface area (Å²) in [5.74, 6) is -0.833. The molecule has 0 aliphatic heterocycles. The van der Waals surface area contributed by atoms with Crippen molar-refractivity contribution in [2.45, 2.75) is 39.7 Å². The van der Waals surface area contributed by atoms with Gasteiger partial charge in [-0.3, -0.25) is 4.98 Å². The molecule has 1 N–H and O–H groups in total. The van der Waals surface area contributed by atoms with Crippen LogP contribution in [0.1, 0.15) is 46.8 Å². The standard InChI is InChI=1S/C19H24N2O2S/c1-19(2)9-8-15-13(10-19)16(18(22)23)17(24-15)14-7-5-6-12(20-14)11-21(3)4/h5-7H,8-11H2,1-4H3,(H,22,23). The number of rotatable bonds is 4. The molecule has 128 valence electrons. The van der Waals surface area contributed by atoms with E-state index in [9.17, 15) is 9.90 Å². The summed E-state index contributed by atoms with van der Waals surface area (Å²) in [6, 6.07) is 5.88. The van der Waals surface area contributed by atoms with Crippen molar-refractivity contribution in [3.63, 3.8) is 0 Å². The Balaban J connectivity index is 2.09. The van der Waals surface area contributed by atoms with Gasteiger partial charge in [-0.05, 0) is 56.5 Å². The first kappa shape index (κ1) is 17.1. The van der Waals surface area contributed by atoms with E-state index in [2.05, 4.69) is 18.7 Å². The molecule has 0 fully saturated rings. The minimum atomic E-state index is -0.833. The van der Waals surface area contributed by atoms with Gasteiger partial charge in [-0.2, -0.15) is 0 Å². The zero-order valence-corrected chi connectivity index (χ0v) is 15.5. The van der Waals surface area contributed by atoms with Crippen LogP contribution in [0.2, 0.25) is 0 Å². The number of hydrogen-bond donors (Lipinski definition) is 1. The molecule has 1 aliphatic rings. The maximum absolute atomic E-state index is 12.0. The molecular weight excluding hydrogens is 320 g/mol. The zero-order valence-electron chi connectivity index (χ0n) is 14.7. The number of aryl methyl sites for hydroxylation is 1. The number of thiophene rings is 1. The van der Waals surface area contributed by atoms with Crippen LogP contribution in [0.3, 0.4) is 0 Å². The average molecular weight is 344 g/mol. The molecule has 2 heterocycles. The molecule has 0 saturated carbocycles. The van der Waals surface area contributed by atoms with E-state index in [1.807, 2.05) is 32.3 Å². The van der Waals surface area contributed by atoms with Crippen molar-refractivity contribution in [1.29, 1.82) is 0 Å². The average Bonchev–Trinajstić information content (AvgIpc) is 2.84. The van der Waals surface area contributed by atoms with E-state index in [1.165, 1.54) is 4.88 Å². The van der Waals surface area contributed by atoms with Crippen LogP contribution in [-0.4, -0.2) is 35.1 Å². The summed E-state index contributed by atoms with van der Waals surface area (Å²) in [6.07, 6.45) is 2.90. The normalized spacial score (nSPS) is 16.2. The highest BCUT2D eigenvalue weighted by Gasteiger charge is 2.33. The highest BCUT2D eigenvalue weighted by Crippen LogP contribution is 2.44. The van der Waals surface area contributed by atoms with Crippen molar-refractivity contribution in [3.05, 3.63) is 39.9 Å². The van der Waals surface area contributed by atoms with Gasteiger partial charge in [0, 0.05) is 11.4 Å². The van der Waals surface area contributed by atoms with E-state index in [4.69, 9.17) is 4.98 Å². The van der Waals surface area contributed by atoms with Crippen LogP contribution in [0.4, 0.5) is 0 Å². The third kappa shape index (κ3) is 3.37. The molecule has 0 amide bonds. The molecule has 0 saturated heterocycles. The van der Waals surface area contributed by atoms with Crippen LogP contribution in [0.25, 0.3) is 10.6 Å². The van der Waals surface area contributed by atoms with Gasteiger partial charge in [0.1, 0.15) is 0 Å². The molecule has 2 aromatic heterocycles. The Morgan fingerprint density at radius 3 is 2.79 bits per heavy atom. The first-order valence-electron chi connectivity index (χ1n) is 8.26. The summed E-state index contributed by atoms with van der Waals surface area (Å²) in [4.78, 5) is 20.8.